The smallest absolute Gasteiger partial charge is 0.118 e. The van der Waals surface area contributed by atoms with Crippen molar-refractivity contribution in [3.63, 3.8) is 0 Å². The zero-order valence-electron chi connectivity index (χ0n) is 8.13. The summed E-state index contributed by atoms with van der Waals surface area (Å²) in [5, 5.41) is 3.25. The van der Waals surface area contributed by atoms with E-state index >= 15 is 0 Å². The molecular formula is C11H15NO. The molecule has 1 aliphatic heterocycles. The number of rotatable bonds is 2. The van der Waals surface area contributed by atoms with Gasteiger partial charge < -0.3 is 10.1 Å². The summed E-state index contributed by atoms with van der Waals surface area (Å²) in [6.45, 7) is 3.98. The SMILES string of the molecule is COC1(c2ccccc2C)CNC1. The molecule has 1 aromatic rings. The fraction of sp³-hybridized carbons (Fsp3) is 0.455. The molecule has 0 unspecified atom stereocenters. The molecule has 1 saturated heterocycles. The molecule has 1 heterocycles. The molecule has 0 saturated carbocycles. The molecule has 0 spiro atoms. The summed E-state index contributed by atoms with van der Waals surface area (Å²) < 4.78 is 5.58. The van der Waals surface area contributed by atoms with Crippen LogP contribution in [0.4, 0.5) is 0 Å². The van der Waals surface area contributed by atoms with Gasteiger partial charge in [-0.3, -0.25) is 0 Å². The van der Waals surface area contributed by atoms with Crippen LogP contribution in [-0.2, 0) is 10.3 Å². The Balaban J connectivity index is 2.38. The Morgan fingerprint density at radius 2 is 2.00 bits per heavy atom. The monoisotopic (exact) mass is 177 g/mol. The maximum absolute atomic E-state index is 5.58. The molecule has 1 aliphatic rings. The van der Waals surface area contributed by atoms with Crippen molar-refractivity contribution >= 4 is 0 Å². The summed E-state index contributed by atoms with van der Waals surface area (Å²) in [6, 6.07) is 8.42. The van der Waals surface area contributed by atoms with Gasteiger partial charge in [0.25, 0.3) is 0 Å². The average Bonchev–Trinajstić information content (AvgIpc) is 2.07. The minimum absolute atomic E-state index is 0.0641. The highest BCUT2D eigenvalue weighted by Gasteiger charge is 2.39. The van der Waals surface area contributed by atoms with E-state index < -0.39 is 0 Å². The van der Waals surface area contributed by atoms with E-state index in [2.05, 4.69) is 36.5 Å². The van der Waals surface area contributed by atoms with Gasteiger partial charge in [0, 0.05) is 20.2 Å². The minimum Gasteiger partial charge on any atom is -0.371 e. The average molecular weight is 177 g/mol. The third-order valence-corrected chi connectivity index (χ3v) is 2.85. The summed E-state index contributed by atoms with van der Waals surface area (Å²) in [5.74, 6) is 0. The zero-order chi connectivity index (χ0) is 9.31. The number of hydrogen-bond acceptors (Lipinski definition) is 2. The standard InChI is InChI=1S/C11H15NO/c1-9-5-3-4-6-10(9)11(13-2)7-12-8-11/h3-6,12H,7-8H2,1-2H3. The molecule has 2 heteroatoms. The number of ether oxygens (including phenoxy) is 1. The van der Waals surface area contributed by atoms with Crippen LogP contribution in [0.2, 0.25) is 0 Å². The molecule has 70 valence electrons. The Morgan fingerprint density at radius 3 is 2.46 bits per heavy atom. The summed E-state index contributed by atoms with van der Waals surface area (Å²) >= 11 is 0. The quantitative estimate of drug-likeness (QED) is 0.738. The number of nitrogens with one attached hydrogen (secondary N) is 1. The molecule has 0 amide bonds. The van der Waals surface area contributed by atoms with Gasteiger partial charge >= 0.3 is 0 Å². The molecule has 0 radical (unpaired) electrons. The van der Waals surface area contributed by atoms with Crippen LogP contribution in [0.25, 0.3) is 0 Å². The van der Waals surface area contributed by atoms with Crippen LogP contribution in [0, 0.1) is 6.92 Å². The summed E-state index contributed by atoms with van der Waals surface area (Å²) in [6.07, 6.45) is 0. The van der Waals surface area contributed by atoms with Crippen LogP contribution >= 0.6 is 0 Å². The third kappa shape index (κ3) is 1.26. The second-order valence-electron chi connectivity index (χ2n) is 3.62. The number of benzene rings is 1. The summed E-state index contributed by atoms with van der Waals surface area (Å²) in [7, 11) is 1.78. The van der Waals surface area contributed by atoms with Gasteiger partial charge in [0.05, 0.1) is 0 Å². The minimum atomic E-state index is -0.0641. The van der Waals surface area contributed by atoms with Crippen molar-refractivity contribution in [3.8, 4) is 0 Å². The number of hydrogen-bond donors (Lipinski definition) is 1. The predicted molar refractivity (Wildman–Crippen MR) is 52.7 cm³/mol. The second-order valence-corrected chi connectivity index (χ2v) is 3.62. The van der Waals surface area contributed by atoms with E-state index in [9.17, 15) is 0 Å². The van der Waals surface area contributed by atoms with Gasteiger partial charge in [0.1, 0.15) is 5.60 Å². The topological polar surface area (TPSA) is 21.3 Å². The maximum Gasteiger partial charge on any atom is 0.118 e. The lowest BCUT2D eigenvalue weighted by Crippen LogP contribution is -2.58. The van der Waals surface area contributed by atoms with Crippen molar-refractivity contribution < 1.29 is 4.74 Å². The van der Waals surface area contributed by atoms with Crippen molar-refractivity contribution in [1.29, 1.82) is 0 Å². The first-order valence-corrected chi connectivity index (χ1v) is 4.60. The Labute approximate surface area is 78.9 Å². The van der Waals surface area contributed by atoms with Crippen molar-refractivity contribution in [2.75, 3.05) is 20.2 Å². The molecule has 1 N–H and O–H groups in total. The molecule has 0 aliphatic carbocycles. The van der Waals surface area contributed by atoms with Crippen molar-refractivity contribution in [1.82, 2.24) is 5.32 Å². The second kappa shape index (κ2) is 3.13. The van der Waals surface area contributed by atoms with Gasteiger partial charge in [-0.25, -0.2) is 0 Å². The highest BCUT2D eigenvalue weighted by Crippen LogP contribution is 2.31. The molecule has 0 atom stereocenters. The Kier molecular flexibility index (Phi) is 2.10. The van der Waals surface area contributed by atoms with E-state index in [4.69, 9.17) is 4.74 Å². The van der Waals surface area contributed by atoms with Crippen LogP contribution in [0.15, 0.2) is 24.3 Å². The van der Waals surface area contributed by atoms with Crippen LogP contribution < -0.4 is 5.32 Å². The lowest BCUT2D eigenvalue weighted by atomic mass is 9.85. The Morgan fingerprint density at radius 1 is 1.31 bits per heavy atom. The molecular weight excluding hydrogens is 162 g/mol. The molecule has 2 rings (SSSR count). The first-order valence-electron chi connectivity index (χ1n) is 4.60. The van der Waals surface area contributed by atoms with E-state index in [0.717, 1.165) is 13.1 Å². The molecule has 1 aromatic carbocycles. The molecule has 0 bridgehead atoms. The zero-order valence-corrected chi connectivity index (χ0v) is 8.13. The summed E-state index contributed by atoms with van der Waals surface area (Å²) in [5.41, 5.74) is 2.56. The Hall–Kier alpha value is -0.860. The fourth-order valence-corrected chi connectivity index (χ4v) is 1.88. The molecule has 0 aromatic heterocycles. The van der Waals surface area contributed by atoms with E-state index in [-0.39, 0.29) is 5.60 Å². The normalized spacial score (nSPS) is 19.5. The molecule has 1 fully saturated rings. The van der Waals surface area contributed by atoms with Crippen LogP contribution in [0.1, 0.15) is 11.1 Å². The van der Waals surface area contributed by atoms with E-state index in [0.29, 0.717) is 0 Å². The largest absolute Gasteiger partial charge is 0.371 e. The molecule has 13 heavy (non-hydrogen) atoms. The van der Waals surface area contributed by atoms with E-state index in [1.807, 2.05) is 0 Å². The van der Waals surface area contributed by atoms with Crippen LogP contribution in [0.5, 0.6) is 0 Å². The first kappa shape index (κ1) is 8.73. The lowest BCUT2D eigenvalue weighted by molar-refractivity contribution is -0.0569. The van der Waals surface area contributed by atoms with Gasteiger partial charge in [-0.05, 0) is 18.1 Å². The molecule has 2 nitrogen and oxygen atoms in total. The van der Waals surface area contributed by atoms with Gasteiger partial charge in [0.15, 0.2) is 0 Å². The van der Waals surface area contributed by atoms with Gasteiger partial charge in [0.2, 0.25) is 0 Å². The van der Waals surface area contributed by atoms with Crippen LogP contribution in [0.3, 0.4) is 0 Å². The van der Waals surface area contributed by atoms with Crippen molar-refractivity contribution in [2.24, 2.45) is 0 Å². The fourth-order valence-electron chi connectivity index (χ4n) is 1.88. The van der Waals surface area contributed by atoms with Crippen LogP contribution in [-0.4, -0.2) is 20.2 Å². The Bertz CT molecular complexity index is 299. The van der Waals surface area contributed by atoms with E-state index in [1.54, 1.807) is 7.11 Å². The van der Waals surface area contributed by atoms with Crippen molar-refractivity contribution in [2.45, 2.75) is 12.5 Å². The van der Waals surface area contributed by atoms with Crippen molar-refractivity contribution in [3.05, 3.63) is 35.4 Å². The van der Waals surface area contributed by atoms with Gasteiger partial charge in [-0.15, -0.1) is 0 Å². The van der Waals surface area contributed by atoms with Gasteiger partial charge in [-0.2, -0.15) is 0 Å². The maximum atomic E-state index is 5.58. The predicted octanol–water partition coefficient (Wildman–Crippen LogP) is 1.44. The lowest BCUT2D eigenvalue weighted by Gasteiger charge is -2.42. The summed E-state index contributed by atoms with van der Waals surface area (Å²) in [4.78, 5) is 0. The highest BCUT2D eigenvalue weighted by atomic mass is 16.5. The highest BCUT2D eigenvalue weighted by molar-refractivity contribution is 5.34. The number of aryl methyl sites for hydroxylation is 1. The number of methoxy groups -OCH3 is 1. The van der Waals surface area contributed by atoms with E-state index in [1.165, 1.54) is 11.1 Å². The third-order valence-electron chi connectivity index (χ3n) is 2.85. The van der Waals surface area contributed by atoms with Gasteiger partial charge in [-0.1, -0.05) is 24.3 Å². The first-order chi connectivity index (χ1) is 6.28.